The van der Waals surface area contributed by atoms with Gasteiger partial charge in [0.1, 0.15) is 0 Å². The molecule has 0 atom stereocenters. The van der Waals surface area contributed by atoms with Crippen LogP contribution in [-0.2, 0) is 6.54 Å². The van der Waals surface area contributed by atoms with Gasteiger partial charge in [-0.05, 0) is 19.4 Å². The lowest BCUT2D eigenvalue weighted by molar-refractivity contribution is 0.0957. The number of carbonyl (C=O) groups excluding carboxylic acids is 1. The molecule has 0 saturated heterocycles. The first-order valence-electron chi connectivity index (χ1n) is 6.20. The maximum atomic E-state index is 12.0. The summed E-state index contributed by atoms with van der Waals surface area (Å²) in [5, 5.41) is 3.84. The number of aryl methyl sites for hydroxylation is 1. The van der Waals surface area contributed by atoms with Crippen molar-refractivity contribution in [1.82, 2.24) is 9.88 Å². The highest BCUT2D eigenvalue weighted by Gasteiger charge is 2.13. The Bertz CT molecular complexity index is 548. The monoisotopic (exact) mass is 264 g/mol. The van der Waals surface area contributed by atoms with Crippen LogP contribution in [-0.4, -0.2) is 22.9 Å². The van der Waals surface area contributed by atoms with Gasteiger partial charge in [0, 0.05) is 36.1 Å². The number of para-hydroxylation sites is 1. The van der Waals surface area contributed by atoms with Crippen LogP contribution in [0.5, 0.6) is 0 Å². The van der Waals surface area contributed by atoms with E-state index >= 15 is 0 Å². The standard InChI is InChI=1S/C14H17ClN2O/c1-2-16-14(18)12-10-17(9-5-8-15)13-7-4-3-6-11(12)13/h3-4,6-7,10H,2,5,8-9H2,1H3,(H,16,18). The van der Waals surface area contributed by atoms with Crippen molar-refractivity contribution in [3.05, 3.63) is 36.0 Å². The van der Waals surface area contributed by atoms with Crippen molar-refractivity contribution >= 4 is 28.4 Å². The lowest BCUT2D eigenvalue weighted by atomic mass is 10.1. The van der Waals surface area contributed by atoms with E-state index in [4.69, 9.17) is 11.6 Å². The predicted molar refractivity (Wildman–Crippen MR) is 75.3 cm³/mol. The molecule has 96 valence electrons. The molecular formula is C14H17ClN2O. The van der Waals surface area contributed by atoms with Gasteiger partial charge in [-0.3, -0.25) is 4.79 Å². The third-order valence-corrected chi connectivity index (χ3v) is 3.17. The van der Waals surface area contributed by atoms with Gasteiger partial charge in [-0.1, -0.05) is 18.2 Å². The van der Waals surface area contributed by atoms with Gasteiger partial charge in [0.05, 0.1) is 5.56 Å². The lowest BCUT2D eigenvalue weighted by Gasteiger charge is -2.02. The number of alkyl halides is 1. The van der Waals surface area contributed by atoms with E-state index in [0.717, 1.165) is 29.4 Å². The molecule has 4 heteroatoms. The number of hydrogen-bond donors (Lipinski definition) is 1. The zero-order valence-corrected chi connectivity index (χ0v) is 11.2. The van der Waals surface area contributed by atoms with Crippen LogP contribution in [0.4, 0.5) is 0 Å². The molecule has 0 aliphatic carbocycles. The van der Waals surface area contributed by atoms with E-state index in [1.54, 1.807) is 0 Å². The molecule has 0 saturated carbocycles. The summed E-state index contributed by atoms with van der Waals surface area (Å²) in [5.41, 5.74) is 1.82. The molecule has 0 bridgehead atoms. The van der Waals surface area contributed by atoms with Crippen LogP contribution in [0.15, 0.2) is 30.5 Å². The molecule has 18 heavy (non-hydrogen) atoms. The highest BCUT2D eigenvalue weighted by Crippen LogP contribution is 2.21. The van der Waals surface area contributed by atoms with E-state index in [1.807, 2.05) is 37.4 Å². The largest absolute Gasteiger partial charge is 0.352 e. The molecule has 1 aromatic carbocycles. The Morgan fingerprint density at radius 1 is 1.39 bits per heavy atom. The smallest absolute Gasteiger partial charge is 0.253 e. The van der Waals surface area contributed by atoms with Crippen molar-refractivity contribution in [2.75, 3.05) is 12.4 Å². The Kier molecular flexibility index (Phi) is 4.26. The maximum absolute atomic E-state index is 12.0. The molecule has 0 aliphatic rings. The fraction of sp³-hybridized carbons (Fsp3) is 0.357. The SMILES string of the molecule is CCNC(=O)c1cn(CCCCl)c2ccccc12. The van der Waals surface area contributed by atoms with Crippen molar-refractivity contribution in [1.29, 1.82) is 0 Å². The van der Waals surface area contributed by atoms with Crippen molar-refractivity contribution in [3.63, 3.8) is 0 Å². The fourth-order valence-electron chi connectivity index (χ4n) is 2.10. The molecule has 0 fully saturated rings. The molecule has 3 nitrogen and oxygen atoms in total. The Hall–Kier alpha value is -1.48. The minimum atomic E-state index is -0.0154. The molecule has 2 aromatic rings. The summed E-state index contributed by atoms with van der Waals surface area (Å²) in [7, 11) is 0. The van der Waals surface area contributed by atoms with Gasteiger partial charge in [0.2, 0.25) is 0 Å². The molecule has 0 spiro atoms. The van der Waals surface area contributed by atoms with Gasteiger partial charge in [0.25, 0.3) is 5.91 Å². The first-order valence-corrected chi connectivity index (χ1v) is 6.73. The second-order valence-corrected chi connectivity index (χ2v) is 4.53. The first kappa shape index (κ1) is 13.0. The molecular weight excluding hydrogens is 248 g/mol. The van der Waals surface area contributed by atoms with E-state index in [2.05, 4.69) is 9.88 Å². The number of aromatic nitrogens is 1. The lowest BCUT2D eigenvalue weighted by Crippen LogP contribution is -2.22. The molecule has 1 aromatic heterocycles. The minimum Gasteiger partial charge on any atom is -0.352 e. The number of halogens is 1. The number of nitrogens with one attached hydrogen (secondary N) is 1. The first-order chi connectivity index (χ1) is 8.77. The molecule has 2 rings (SSSR count). The van der Waals surface area contributed by atoms with E-state index in [-0.39, 0.29) is 5.91 Å². The summed E-state index contributed by atoms with van der Waals surface area (Å²) >= 11 is 5.73. The number of nitrogens with zero attached hydrogens (tertiary/aromatic N) is 1. The van der Waals surface area contributed by atoms with Crippen LogP contribution in [0.1, 0.15) is 23.7 Å². The van der Waals surface area contributed by atoms with Crippen molar-refractivity contribution in [2.45, 2.75) is 19.9 Å². The van der Waals surface area contributed by atoms with Crippen LogP contribution in [0.3, 0.4) is 0 Å². The molecule has 1 heterocycles. The quantitative estimate of drug-likeness (QED) is 0.828. The normalized spacial score (nSPS) is 10.8. The number of benzene rings is 1. The van der Waals surface area contributed by atoms with Gasteiger partial charge >= 0.3 is 0 Å². The Morgan fingerprint density at radius 3 is 2.89 bits per heavy atom. The van der Waals surface area contributed by atoms with Gasteiger partial charge in [-0.2, -0.15) is 0 Å². The average molecular weight is 265 g/mol. The van der Waals surface area contributed by atoms with Crippen LogP contribution in [0, 0.1) is 0 Å². The van der Waals surface area contributed by atoms with Gasteiger partial charge in [0.15, 0.2) is 0 Å². The predicted octanol–water partition coefficient (Wildman–Crippen LogP) is 3.02. The topological polar surface area (TPSA) is 34.0 Å². The second kappa shape index (κ2) is 5.91. The Labute approximate surface area is 112 Å². The van der Waals surface area contributed by atoms with Crippen molar-refractivity contribution in [3.8, 4) is 0 Å². The van der Waals surface area contributed by atoms with Crippen LogP contribution in [0.2, 0.25) is 0 Å². The second-order valence-electron chi connectivity index (χ2n) is 4.16. The number of amides is 1. The van der Waals surface area contributed by atoms with E-state index < -0.39 is 0 Å². The summed E-state index contributed by atoms with van der Waals surface area (Å²) < 4.78 is 2.10. The van der Waals surface area contributed by atoms with Crippen molar-refractivity contribution in [2.24, 2.45) is 0 Å². The van der Waals surface area contributed by atoms with E-state index in [1.165, 1.54) is 0 Å². The summed E-state index contributed by atoms with van der Waals surface area (Å²) in [4.78, 5) is 12.0. The highest BCUT2D eigenvalue weighted by molar-refractivity contribution is 6.17. The summed E-state index contributed by atoms with van der Waals surface area (Å²) in [5.74, 6) is 0.613. The third kappa shape index (κ3) is 2.51. The Balaban J connectivity index is 2.43. The minimum absolute atomic E-state index is 0.0154. The summed E-state index contributed by atoms with van der Waals surface area (Å²) in [6, 6.07) is 7.96. The molecule has 0 radical (unpaired) electrons. The van der Waals surface area contributed by atoms with E-state index in [9.17, 15) is 4.79 Å². The number of carbonyl (C=O) groups is 1. The van der Waals surface area contributed by atoms with Gasteiger partial charge in [-0.15, -0.1) is 11.6 Å². The zero-order valence-electron chi connectivity index (χ0n) is 10.4. The molecule has 1 N–H and O–H groups in total. The van der Waals surface area contributed by atoms with Gasteiger partial charge in [-0.25, -0.2) is 0 Å². The van der Waals surface area contributed by atoms with E-state index in [0.29, 0.717) is 12.4 Å². The van der Waals surface area contributed by atoms with Crippen LogP contribution >= 0.6 is 11.6 Å². The third-order valence-electron chi connectivity index (χ3n) is 2.90. The zero-order chi connectivity index (χ0) is 13.0. The summed E-state index contributed by atoms with van der Waals surface area (Å²) in [6.45, 7) is 3.40. The Morgan fingerprint density at radius 2 is 2.17 bits per heavy atom. The van der Waals surface area contributed by atoms with Gasteiger partial charge < -0.3 is 9.88 Å². The van der Waals surface area contributed by atoms with Crippen LogP contribution in [0.25, 0.3) is 10.9 Å². The summed E-state index contributed by atoms with van der Waals surface area (Å²) in [6.07, 6.45) is 2.82. The average Bonchev–Trinajstić information content (AvgIpc) is 2.76. The van der Waals surface area contributed by atoms with Crippen LogP contribution < -0.4 is 5.32 Å². The highest BCUT2D eigenvalue weighted by atomic mass is 35.5. The molecule has 0 aliphatic heterocycles. The maximum Gasteiger partial charge on any atom is 0.253 e. The number of rotatable bonds is 5. The molecule has 0 unspecified atom stereocenters. The van der Waals surface area contributed by atoms with Crippen molar-refractivity contribution < 1.29 is 4.79 Å². The number of hydrogen-bond acceptors (Lipinski definition) is 1. The fourth-order valence-corrected chi connectivity index (χ4v) is 2.22. The number of fused-ring (bicyclic) bond motifs is 1. The molecule has 1 amide bonds.